The molecular formula is C16H23NOS. The Balaban J connectivity index is 2.55. The Morgan fingerprint density at radius 2 is 2.26 bits per heavy atom. The first-order valence-corrected chi connectivity index (χ1v) is 7.45. The van der Waals surface area contributed by atoms with Crippen LogP contribution in [0.5, 0.6) is 0 Å². The Morgan fingerprint density at radius 1 is 1.53 bits per heavy atom. The van der Waals surface area contributed by atoms with E-state index >= 15 is 0 Å². The monoisotopic (exact) mass is 277 g/mol. The van der Waals surface area contributed by atoms with Crippen LogP contribution in [-0.2, 0) is 0 Å². The van der Waals surface area contributed by atoms with E-state index in [-0.39, 0.29) is 0 Å². The Bertz CT molecular complexity index is 471. The van der Waals surface area contributed by atoms with E-state index in [1.54, 1.807) is 11.3 Å². The number of aliphatic hydroxyl groups excluding tert-OH is 1. The van der Waals surface area contributed by atoms with Crippen molar-refractivity contribution in [2.75, 3.05) is 0 Å². The first-order valence-electron chi connectivity index (χ1n) is 6.58. The predicted molar refractivity (Wildman–Crippen MR) is 84.3 cm³/mol. The van der Waals surface area contributed by atoms with E-state index in [4.69, 9.17) is 0 Å². The van der Waals surface area contributed by atoms with Crippen LogP contribution in [0.25, 0.3) is 6.08 Å². The molecule has 0 aliphatic rings. The molecule has 1 N–H and O–H groups in total. The molecule has 19 heavy (non-hydrogen) atoms. The largest absolute Gasteiger partial charge is 0.388 e. The summed E-state index contributed by atoms with van der Waals surface area (Å²) in [5.74, 6) is 0. The summed E-state index contributed by atoms with van der Waals surface area (Å²) in [4.78, 5) is 4.37. The summed E-state index contributed by atoms with van der Waals surface area (Å²) < 4.78 is 0. The van der Waals surface area contributed by atoms with E-state index in [0.29, 0.717) is 6.42 Å². The van der Waals surface area contributed by atoms with Crippen molar-refractivity contribution in [3.63, 3.8) is 0 Å². The van der Waals surface area contributed by atoms with Crippen molar-refractivity contribution in [1.29, 1.82) is 0 Å². The average Bonchev–Trinajstić information content (AvgIpc) is 2.78. The van der Waals surface area contributed by atoms with Crippen molar-refractivity contribution in [1.82, 2.24) is 4.98 Å². The van der Waals surface area contributed by atoms with Crippen molar-refractivity contribution in [2.24, 2.45) is 0 Å². The van der Waals surface area contributed by atoms with Gasteiger partial charge in [-0.15, -0.1) is 17.9 Å². The third-order valence-corrected chi connectivity index (χ3v) is 3.76. The van der Waals surface area contributed by atoms with Gasteiger partial charge in [0.2, 0.25) is 0 Å². The number of hydrogen-bond acceptors (Lipinski definition) is 3. The Morgan fingerprint density at radius 3 is 2.84 bits per heavy atom. The summed E-state index contributed by atoms with van der Waals surface area (Å²) in [5.41, 5.74) is 3.20. The van der Waals surface area contributed by atoms with E-state index in [2.05, 4.69) is 24.6 Å². The molecule has 1 rings (SSSR count). The lowest BCUT2D eigenvalue weighted by Gasteiger charge is -2.09. The molecule has 1 aromatic heterocycles. The molecule has 0 fully saturated rings. The van der Waals surface area contributed by atoms with Crippen molar-refractivity contribution in [2.45, 2.75) is 46.1 Å². The highest BCUT2D eigenvalue weighted by molar-refractivity contribution is 7.09. The highest BCUT2D eigenvalue weighted by atomic mass is 32.1. The van der Waals surface area contributed by atoms with Gasteiger partial charge in [0.25, 0.3) is 0 Å². The second-order valence-electron chi connectivity index (χ2n) is 4.81. The lowest BCUT2D eigenvalue weighted by atomic mass is 10.0. The number of rotatable bonds is 7. The fourth-order valence-corrected chi connectivity index (χ4v) is 2.28. The van der Waals surface area contributed by atoms with Crippen LogP contribution in [0, 0.1) is 6.92 Å². The maximum atomic E-state index is 10.1. The number of thiazole rings is 1. The summed E-state index contributed by atoms with van der Waals surface area (Å²) in [7, 11) is 0. The number of aryl methyl sites for hydroxylation is 1. The topological polar surface area (TPSA) is 33.1 Å². The first-order chi connectivity index (χ1) is 9.02. The van der Waals surface area contributed by atoms with Crippen LogP contribution in [0.1, 0.15) is 43.8 Å². The Hall–Kier alpha value is -1.19. The zero-order valence-corrected chi connectivity index (χ0v) is 12.8. The van der Waals surface area contributed by atoms with Crippen LogP contribution in [0.15, 0.2) is 35.3 Å². The molecule has 0 aliphatic carbocycles. The summed E-state index contributed by atoms with van der Waals surface area (Å²) in [6.45, 7) is 9.75. The van der Waals surface area contributed by atoms with Gasteiger partial charge in [-0.3, -0.25) is 0 Å². The zero-order valence-electron chi connectivity index (χ0n) is 12.0. The molecule has 1 atom stereocenters. The van der Waals surface area contributed by atoms with Crippen LogP contribution in [-0.4, -0.2) is 16.2 Å². The number of aromatic nitrogens is 1. The number of nitrogens with zero attached hydrogens (tertiary/aromatic N) is 1. The van der Waals surface area contributed by atoms with Gasteiger partial charge in [0.1, 0.15) is 0 Å². The summed E-state index contributed by atoms with van der Waals surface area (Å²) in [6, 6.07) is 0. The number of aliphatic hydroxyl groups is 1. The predicted octanol–water partition coefficient (Wildman–Crippen LogP) is 4.52. The molecule has 0 amide bonds. The Kier molecular flexibility index (Phi) is 6.74. The molecule has 0 saturated heterocycles. The number of hydrogen-bond donors (Lipinski definition) is 1. The fraction of sp³-hybridized carbons (Fsp3) is 0.438. The van der Waals surface area contributed by atoms with Crippen molar-refractivity contribution in [3.05, 3.63) is 46.0 Å². The zero-order chi connectivity index (χ0) is 14.3. The van der Waals surface area contributed by atoms with Crippen molar-refractivity contribution in [3.8, 4) is 0 Å². The van der Waals surface area contributed by atoms with Crippen molar-refractivity contribution >= 4 is 17.4 Å². The van der Waals surface area contributed by atoms with Gasteiger partial charge in [0.15, 0.2) is 0 Å². The van der Waals surface area contributed by atoms with Crippen LogP contribution in [0.2, 0.25) is 0 Å². The smallest absolute Gasteiger partial charge is 0.0901 e. The van der Waals surface area contributed by atoms with Gasteiger partial charge < -0.3 is 5.11 Å². The normalized spacial score (nSPS) is 14.5. The molecule has 0 aromatic carbocycles. The van der Waals surface area contributed by atoms with Crippen LogP contribution < -0.4 is 0 Å². The van der Waals surface area contributed by atoms with E-state index < -0.39 is 6.10 Å². The molecule has 1 aromatic rings. The van der Waals surface area contributed by atoms with Crippen LogP contribution >= 0.6 is 11.3 Å². The molecule has 0 saturated carbocycles. The van der Waals surface area contributed by atoms with E-state index in [1.165, 1.54) is 5.57 Å². The molecule has 2 nitrogen and oxygen atoms in total. The van der Waals surface area contributed by atoms with Gasteiger partial charge in [-0.25, -0.2) is 4.98 Å². The fourth-order valence-electron chi connectivity index (χ4n) is 1.71. The van der Waals surface area contributed by atoms with Gasteiger partial charge in [0.05, 0.1) is 16.8 Å². The average molecular weight is 277 g/mol. The molecule has 3 heteroatoms. The standard InChI is InChI=1S/C16H23NOS/c1-5-6-7-12(2)8-9-16(18)13(3)10-15-11-19-14(4)17-15/h5,8,10-11,16,18H,1,6-7,9H2,2-4H3/b12-8+,13-10+/t16-/m0/s1. The van der Waals surface area contributed by atoms with Crippen molar-refractivity contribution < 1.29 is 5.11 Å². The number of allylic oxidation sites excluding steroid dienone is 2. The molecule has 0 bridgehead atoms. The van der Waals surface area contributed by atoms with Gasteiger partial charge in [-0.1, -0.05) is 17.7 Å². The summed E-state index contributed by atoms with van der Waals surface area (Å²) in [5, 5.41) is 13.2. The summed E-state index contributed by atoms with van der Waals surface area (Å²) in [6.07, 6.45) is 8.23. The molecule has 0 unspecified atom stereocenters. The van der Waals surface area contributed by atoms with Crippen LogP contribution in [0.3, 0.4) is 0 Å². The SMILES string of the molecule is C=CCC/C(C)=C/C[C@H](O)/C(C)=C/c1csc(C)n1. The molecular weight excluding hydrogens is 254 g/mol. The molecule has 0 aliphatic heterocycles. The van der Waals surface area contributed by atoms with Gasteiger partial charge in [-0.2, -0.15) is 0 Å². The molecule has 1 heterocycles. The first kappa shape index (κ1) is 15.9. The molecule has 0 spiro atoms. The van der Waals surface area contributed by atoms with E-state index in [9.17, 15) is 5.11 Å². The summed E-state index contributed by atoms with van der Waals surface area (Å²) >= 11 is 1.63. The second kappa shape index (κ2) is 8.08. The van der Waals surface area contributed by atoms with Gasteiger partial charge in [-0.05, 0) is 51.7 Å². The van der Waals surface area contributed by atoms with Gasteiger partial charge >= 0.3 is 0 Å². The maximum Gasteiger partial charge on any atom is 0.0901 e. The second-order valence-corrected chi connectivity index (χ2v) is 5.87. The quantitative estimate of drug-likeness (QED) is 0.743. The molecule has 104 valence electrons. The van der Waals surface area contributed by atoms with E-state index in [1.807, 2.05) is 31.4 Å². The molecule has 0 radical (unpaired) electrons. The maximum absolute atomic E-state index is 10.1. The van der Waals surface area contributed by atoms with E-state index in [0.717, 1.165) is 29.1 Å². The third kappa shape index (κ3) is 5.99. The minimum absolute atomic E-state index is 0.430. The Labute approximate surface area is 120 Å². The lowest BCUT2D eigenvalue weighted by molar-refractivity contribution is 0.215. The lowest BCUT2D eigenvalue weighted by Crippen LogP contribution is -2.06. The minimum Gasteiger partial charge on any atom is -0.388 e. The minimum atomic E-state index is -0.430. The highest BCUT2D eigenvalue weighted by Crippen LogP contribution is 2.16. The van der Waals surface area contributed by atoms with Gasteiger partial charge in [0, 0.05) is 5.38 Å². The highest BCUT2D eigenvalue weighted by Gasteiger charge is 2.06. The van der Waals surface area contributed by atoms with Crippen LogP contribution in [0.4, 0.5) is 0 Å². The third-order valence-electron chi connectivity index (χ3n) is 2.97.